The third kappa shape index (κ3) is 8.25. The molecule has 0 radical (unpaired) electrons. The molecule has 1 saturated heterocycles. The normalized spacial score (nSPS) is 14.8. The van der Waals surface area contributed by atoms with Crippen LogP contribution in [0.25, 0.3) is 6.08 Å². The van der Waals surface area contributed by atoms with E-state index in [4.69, 9.17) is 23.7 Å². The molecule has 4 rings (SSSR count). The van der Waals surface area contributed by atoms with Gasteiger partial charge in [-0.3, -0.25) is 9.59 Å². The van der Waals surface area contributed by atoms with Gasteiger partial charge >= 0.3 is 0 Å². The summed E-state index contributed by atoms with van der Waals surface area (Å²) in [5.41, 5.74) is 1.24. The van der Waals surface area contributed by atoms with Crippen LogP contribution >= 0.6 is 0 Å². The molecule has 2 N–H and O–H groups in total. The highest BCUT2D eigenvalue weighted by Gasteiger charge is 2.19. The zero-order valence-corrected chi connectivity index (χ0v) is 22.7. The van der Waals surface area contributed by atoms with Gasteiger partial charge in [-0.2, -0.15) is 0 Å². The Balaban J connectivity index is 1.38. The molecule has 210 valence electrons. The second-order valence-electron chi connectivity index (χ2n) is 9.00. The van der Waals surface area contributed by atoms with Gasteiger partial charge in [-0.05, 0) is 73.0 Å². The average Bonchev–Trinajstić information content (AvgIpc) is 3.52. The molecule has 0 unspecified atom stereocenters. The van der Waals surface area contributed by atoms with Crippen molar-refractivity contribution in [3.63, 3.8) is 0 Å². The van der Waals surface area contributed by atoms with Crippen molar-refractivity contribution in [2.24, 2.45) is 0 Å². The highest BCUT2D eigenvalue weighted by molar-refractivity contribution is 6.05. The van der Waals surface area contributed by atoms with E-state index >= 15 is 0 Å². The number of methoxy groups -OCH3 is 2. The molecule has 2 amide bonds. The fourth-order valence-electron chi connectivity index (χ4n) is 4.08. The summed E-state index contributed by atoms with van der Waals surface area (Å²) >= 11 is 0. The molecular formula is C31H34N2O7. The summed E-state index contributed by atoms with van der Waals surface area (Å²) in [6, 6.07) is 21.3. The Bertz CT molecular complexity index is 1280. The van der Waals surface area contributed by atoms with Crippen molar-refractivity contribution in [2.75, 3.05) is 40.6 Å². The minimum atomic E-state index is -0.406. The zero-order chi connectivity index (χ0) is 28.2. The van der Waals surface area contributed by atoms with Crippen molar-refractivity contribution in [3.05, 3.63) is 89.6 Å². The van der Waals surface area contributed by atoms with E-state index in [9.17, 15) is 9.59 Å². The van der Waals surface area contributed by atoms with E-state index in [2.05, 4.69) is 10.6 Å². The molecule has 40 heavy (non-hydrogen) atoms. The van der Waals surface area contributed by atoms with E-state index < -0.39 is 11.8 Å². The first-order valence-corrected chi connectivity index (χ1v) is 13.1. The van der Waals surface area contributed by atoms with Crippen LogP contribution in [0.2, 0.25) is 0 Å². The van der Waals surface area contributed by atoms with Crippen LogP contribution in [0, 0.1) is 0 Å². The lowest BCUT2D eigenvalue weighted by atomic mass is 10.1. The first-order chi connectivity index (χ1) is 19.6. The molecule has 1 fully saturated rings. The van der Waals surface area contributed by atoms with Crippen LogP contribution in [0.1, 0.15) is 28.8 Å². The summed E-state index contributed by atoms with van der Waals surface area (Å²) in [6.45, 7) is 1.74. The Kier molecular flexibility index (Phi) is 10.4. The van der Waals surface area contributed by atoms with Gasteiger partial charge in [0.25, 0.3) is 11.8 Å². The third-order valence-corrected chi connectivity index (χ3v) is 6.23. The predicted molar refractivity (Wildman–Crippen MR) is 151 cm³/mol. The van der Waals surface area contributed by atoms with Gasteiger partial charge < -0.3 is 34.3 Å². The molecule has 1 heterocycles. The summed E-state index contributed by atoms with van der Waals surface area (Å²) in [5, 5.41) is 5.62. The van der Waals surface area contributed by atoms with Crippen molar-refractivity contribution in [1.29, 1.82) is 0 Å². The van der Waals surface area contributed by atoms with Crippen molar-refractivity contribution < 1.29 is 33.3 Å². The lowest BCUT2D eigenvalue weighted by molar-refractivity contribution is -0.118. The maximum Gasteiger partial charge on any atom is 0.267 e. The van der Waals surface area contributed by atoms with Crippen molar-refractivity contribution in [3.8, 4) is 23.0 Å². The van der Waals surface area contributed by atoms with Crippen LogP contribution in [-0.4, -0.2) is 58.5 Å². The molecule has 9 heteroatoms. The van der Waals surface area contributed by atoms with E-state index in [1.54, 1.807) is 56.7 Å². The summed E-state index contributed by atoms with van der Waals surface area (Å²) in [4.78, 5) is 26.0. The SMILES string of the molecule is COc1ccc(C(=O)N/C(=C/c2ccc(OCCOc3ccccc3OC)cc2)C(=O)NC[C@H]2CCCO2)cc1. The summed E-state index contributed by atoms with van der Waals surface area (Å²) in [6.07, 6.45) is 3.47. The van der Waals surface area contributed by atoms with Gasteiger partial charge in [0.1, 0.15) is 30.4 Å². The first-order valence-electron chi connectivity index (χ1n) is 13.1. The highest BCUT2D eigenvalue weighted by atomic mass is 16.5. The number of amides is 2. The number of nitrogens with one attached hydrogen (secondary N) is 2. The van der Waals surface area contributed by atoms with Crippen molar-refractivity contribution >= 4 is 17.9 Å². The highest BCUT2D eigenvalue weighted by Crippen LogP contribution is 2.25. The molecule has 3 aromatic carbocycles. The minimum Gasteiger partial charge on any atom is -0.497 e. The number of carbonyl (C=O) groups excluding carboxylic acids is 2. The monoisotopic (exact) mass is 546 g/mol. The van der Waals surface area contributed by atoms with Gasteiger partial charge in [0.05, 0.1) is 20.3 Å². The zero-order valence-electron chi connectivity index (χ0n) is 22.7. The molecule has 0 bridgehead atoms. The Hall–Kier alpha value is -4.50. The van der Waals surface area contributed by atoms with Gasteiger partial charge in [0.15, 0.2) is 11.5 Å². The number of para-hydroxylation sites is 2. The lowest BCUT2D eigenvalue weighted by Crippen LogP contribution is -2.38. The molecule has 0 saturated carbocycles. The van der Waals surface area contributed by atoms with E-state index in [0.29, 0.717) is 54.9 Å². The molecule has 9 nitrogen and oxygen atoms in total. The fraction of sp³-hybridized carbons (Fsp3) is 0.290. The maximum absolute atomic E-state index is 13.1. The summed E-state index contributed by atoms with van der Waals surface area (Å²) in [7, 11) is 3.15. The van der Waals surface area contributed by atoms with Crippen molar-refractivity contribution in [1.82, 2.24) is 10.6 Å². The standard InChI is InChI=1S/C31H34N2O7/c1-36-24-15-11-23(12-16-24)30(34)33-27(31(35)32-21-26-6-5-17-38-26)20-22-9-13-25(14-10-22)39-18-19-40-29-8-4-3-7-28(29)37-2/h3-4,7-16,20,26H,5-6,17-19,21H2,1-2H3,(H,32,35)(H,33,34)/b27-20+/t26-/m1/s1. The quantitative estimate of drug-likeness (QED) is 0.244. The van der Waals surface area contributed by atoms with Gasteiger partial charge in [-0.15, -0.1) is 0 Å². The molecule has 0 aliphatic carbocycles. The fourth-order valence-corrected chi connectivity index (χ4v) is 4.08. The van der Waals surface area contributed by atoms with Gasteiger partial charge in [0.2, 0.25) is 0 Å². The minimum absolute atomic E-state index is 0.0223. The van der Waals surface area contributed by atoms with Crippen LogP contribution in [-0.2, 0) is 9.53 Å². The van der Waals surface area contributed by atoms with E-state index in [-0.39, 0.29) is 11.8 Å². The summed E-state index contributed by atoms with van der Waals surface area (Å²) in [5.74, 6) is 1.79. The second-order valence-corrected chi connectivity index (χ2v) is 9.00. The molecule has 1 aliphatic rings. The second kappa shape index (κ2) is 14.6. The van der Waals surface area contributed by atoms with Crippen LogP contribution in [0.15, 0.2) is 78.5 Å². The molecular weight excluding hydrogens is 512 g/mol. The number of hydrogen-bond donors (Lipinski definition) is 2. The molecule has 0 spiro atoms. The molecule has 0 aromatic heterocycles. The third-order valence-electron chi connectivity index (χ3n) is 6.23. The maximum atomic E-state index is 13.1. The Morgan fingerprint density at radius 2 is 1.57 bits per heavy atom. The number of hydrogen-bond acceptors (Lipinski definition) is 7. The number of rotatable bonds is 13. The van der Waals surface area contributed by atoms with Crippen LogP contribution in [0.3, 0.4) is 0 Å². The molecule has 3 aromatic rings. The molecule has 1 aliphatic heterocycles. The number of benzene rings is 3. The van der Waals surface area contributed by atoms with E-state index in [1.165, 1.54) is 0 Å². The van der Waals surface area contributed by atoms with Crippen molar-refractivity contribution in [2.45, 2.75) is 18.9 Å². The van der Waals surface area contributed by atoms with Crippen LogP contribution in [0.4, 0.5) is 0 Å². The Labute approximate surface area is 234 Å². The first kappa shape index (κ1) is 28.5. The molecule has 1 atom stereocenters. The van der Waals surface area contributed by atoms with Gasteiger partial charge in [0, 0.05) is 18.7 Å². The number of carbonyl (C=O) groups is 2. The smallest absolute Gasteiger partial charge is 0.267 e. The Morgan fingerprint density at radius 3 is 2.25 bits per heavy atom. The predicted octanol–water partition coefficient (Wildman–Crippen LogP) is 4.23. The van der Waals surface area contributed by atoms with Crippen LogP contribution < -0.4 is 29.6 Å². The van der Waals surface area contributed by atoms with E-state index in [0.717, 1.165) is 18.4 Å². The lowest BCUT2D eigenvalue weighted by Gasteiger charge is -2.14. The van der Waals surface area contributed by atoms with Crippen LogP contribution in [0.5, 0.6) is 23.0 Å². The van der Waals surface area contributed by atoms with Gasteiger partial charge in [-0.1, -0.05) is 24.3 Å². The largest absolute Gasteiger partial charge is 0.497 e. The van der Waals surface area contributed by atoms with E-state index in [1.807, 2.05) is 36.4 Å². The van der Waals surface area contributed by atoms with Gasteiger partial charge in [-0.25, -0.2) is 0 Å². The summed E-state index contributed by atoms with van der Waals surface area (Å²) < 4.78 is 27.6. The average molecular weight is 547 g/mol. The Morgan fingerprint density at radius 1 is 0.875 bits per heavy atom. The number of ether oxygens (including phenoxy) is 5. The topological polar surface area (TPSA) is 104 Å².